The standard InChI is InChI=1S/C21H24Cl2N8S2/c1-12-8-13(2)28-20(27-12)30-19(24-6-7-33-10-18-14(3)25-11-26-18)31-21(32)29-17-5-4-15(22)9-16(17)23/h4-5,8-9,11H,6-7,10H2,1-3H3,(H,25,26)(H3,24,27,28,29,30,31,32). The number of halogens is 2. The molecule has 1 aromatic carbocycles. The number of H-pyrrole nitrogens is 1. The van der Waals surface area contributed by atoms with E-state index in [2.05, 4.69) is 40.9 Å². The zero-order valence-electron chi connectivity index (χ0n) is 18.4. The third-order valence-electron chi connectivity index (χ3n) is 4.30. The molecule has 0 saturated carbocycles. The molecule has 0 aliphatic heterocycles. The summed E-state index contributed by atoms with van der Waals surface area (Å²) < 4.78 is 0. The van der Waals surface area contributed by atoms with Crippen LogP contribution in [0.5, 0.6) is 0 Å². The van der Waals surface area contributed by atoms with Gasteiger partial charge in [0, 0.05) is 33.6 Å². The minimum atomic E-state index is 0.314. The lowest BCUT2D eigenvalue weighted by atomic mass is 10.3. The van der Waals surface area contributed by atoms with Crippen molar-refractivity contribution >= 4 is 69.9 Å². The predicted molar refractivity (Wildman–Crippen MR) is 143 cm³/mol. The number of nitrogens with zero attached hydrogens (tertiary/aromatic N) is 4. The summed E-state index contributed by atoms with van der Waals surface area (Å²) in [7, 11) is 0. The number of aromatic amines is 1. The van der Waals surface area contributed by atoms with E-state index in [1.54, 1.807) is 36.3 Å². The number of anilines is 2. The highest BCUT2D eigenvalue weighted by Crippen LogP contribution is 2.25. The fraction of sp³-hybridized carbons (Fsp3) is 0.286. The minimum absolute atomic E-state index is 0.314. The van der Waals surface area contributed by atoms with Gasteiger partial charge < -0.3 is 15.6 Å². The van der Waals surface area contributed by atoms with Crippen molar-refractivity contribution in [2.24, 2.45) is 4.99 Å². The van der Waals surface area contributed by atoms with Gasteiger partial charge in [0.15, 0.2) is 5.11 Å². The Kier molecular flexibility index (Phi) is 9.30. The number of aryl methyl sites for hydroxylation is 3. The van der Waals surface area contributed by atoms with Crippen molar-refractivity contribution in [3.05, 3.63) is 63.4 Å². The van der Waals surface area contributed by atoms with Crippen molar-refractivity contribution in [2.75, 3.05) is 22.9 Å². The molecule has 0 fully saturated rings. The van der Waals surface area contributed by atoms with Gasteiger partial charge in [-0.1, -0.05) is 23.2 Å². The molecule has 2 aromatic heterocycles. The van der Waals surface area contributed by atoms with E-state index in [1.807, 2.05) is 26.8 Å². The number of hydrogen-bond donors (Lipinski definition) is 4. The maximum absolute atomic E-state index is 6.24. The zero-order valence-corrected chi connectivity index (χ0v) is 21.5. The molecule has 4 N–H and O–H groups in total. The molecule has 0 radical (unpaired) electrons. The van der Waals surface area contributed by atoms with Crippen molar-refractivity contribution in [1.82, 2.24) is 25.3 Å². The Morgan fingerprint density at radius 3 is 2.55 bits per heavy atom. The van der Waals surface area contributed by atoms with E-state index in [1.165, 1.54) is 0 Å². The maximum Gasteiger partial charge on any atom is 0.229 e. The van der Waals surface area contributed by atoms with E-state index in [9.17, 15) is 0 Å². The molecule has 3 rings (SSSR count). The largest absolute Gasteiger partial charge is 0.348 e. The molecule has 0 aliphatic carbocycles. The van der Waals surface area contributed by atoms with Gasteiger partial charge in [-0.25, -0.2) is 15.0 Å². The first-order chi connectivity index (χ1) is 15.8. The summed E-state index contributed by atoms with van der Waals surface area (Å²) in [5.41, 5.74) is 4.46. The van der Waals surface area contributed by atoms with E-state index in [-0.39, 0.29) is 0 Å². The highest BCUT2D eigenvalue weighted by Gasteiger charge is 2.09. The van der Waals surface area contributed by atoms with Gasteiger partial charge in [0.1, 0.15) is 0 Å². The van der Waals surface area contributed by atoms with Crippen LogP contribution in [-0.4, -0.2) is 43.3 Å². The minimum Gasteiger partial charge on any atom is -0.348 e. The number of aromatic nitrogens is 4. The molecule has 0 aliphatic rings. The Balaban J connectivity index is 1.65. The summed E-state index contributed by atoms with van der Waals surface area (Å²) in [6, 6.07) is 7.03. The van der Waals surface area contributed by atoms with Gasteiger partial charge in [-0.2, -0.15) is 11.8 Å². The Hall–Kier alpha value is -2.40. The summed E-state index contributed by atoms with van der Waals surface area (Å²) in [5, 5.41) is 10.6. The van der Waals surface area contributed by atoms with Crippen LogP contribution in [0.3, 0.4) is 0 Å². The molecule has 0 spiro atoms. The molecule has 3 aromatic rings. The average Bonchev–Trinajstić information content (AvgIpc) is 3.13. The van der Waals surface area contributed by atoms with Gasteiger partial charge in [0.05, 0.1) is 29.3 Å². The van der Waals surface area contributed by atoms with Gasteiger partial charge in [-0.3, -0.25) is 10.3 Å². The van der Waals surface area contributed by atoms with Crippen LogP contribution in [0, 0.1) is 20.8 Å². The molecule has 174 valence electrons. The van der Waals surface area contributed by atoms with Crippen LogP contribution < -0.4 is 16.0 Å². The molecule has 0 amide bonds. The van der Waals surface area contributed by atoms with Crippen LogP contribution in [0.2, 0.25) is 10.0 Å². The highest BCUT2D eigenvalue weighted by atomic mass is 35.5. The lowest BCUT2D eigenvalue weighted by molar-refractivity contribution is 1.05. The Bertz CT molecular complexity index is 1130. The van der Waals surface area contributed by atoms with Crippen LogP contribution in [0.25, 0.3) is 0 Å². The quantitative estimate of drug-likeness (QED) is 0.147. The molecule has 0 saturated heterocycles. The van der Waals surface area contributed by atoms with Gasteiger partial charge in [0.2, 0.25) is 11.9 Å². The third-order valence-corrected chi connectivity index (χ3v) is 6.00. The topological polar surface area (TPSA) is 103 Å². The molecule has 2 heterocycles. The number of thioether (sulfide) groups is 1. The van der Waals surface area contributed by atoms with Gasteiger partial charge in [0.25, 0.3) is 0 Å². The molecule has 0 atom stereocenters. The summed E-state index contributed by atoms with van der Waals surface area (Å²) in [5.74, 6) is 2.48. The van der Waals surface area contributed by atoms with Crippen LogP contribution in [0.15, 0.2) is 35.6 Å². The van der Waals surface area contributed by atoms with E-state index in [0.717, 1.165) is 34.3 Å². The fourth-order valence-corrected chi connectivity index (χ4v) is 4.28. The molecule has 8 nitrogen and oxygen atoms in total. The SMILES string of the molecule is Cc1cc(C)nc(NC(=NCCSCc2nc[nH]c2C)NC(=S)Nc2ccc(Cl)cc2Cl)n1. The highest BCUT2D eigenvalue weighted by molar-refractivity contribution is 7.98. The third kappa shape index (κ3) is 8.15. The molecular weight excluding hydrogens is 499 g/mol. The van der Waals surface area contributed by atoms with Crippen LogP contribution >= 0.6 is 47.2 Å². The van der Waals surface area contributed by atoms with Crippen molar-refractivity contribution in [1.29, 1.82) is 0 Å². The Morgan fingerprint density at radius 2 is 1.88 bits per heavy atom. The number of guanidine groups is 1. The van der Waals surface area contributed by atoms with Crippen molar-refractivity contribution in [3.8, 4) is 0 Å². The number of nitrogens with one attached hydrogen (secondary N) is 4. The summed E-state index contributed by atoms with van der Waals surface area (Å²) in [6.07, 6.45) is 1.71. The lowest BCUT2D eigenvalue weighted by Gasteiger charge is -2.15. The van der Waals surface area contributed by atoms with E-state index < -0.39 is 0 Å². The normalized spacial score (nSPS) is 11.4. The maximum atomic E-state index is 6.24. The predicted octanol–water partition coefficient (Wildman–Crippen LogP) is 5.12. The first-order valence-electron chi connectivity index (χ1n) is 10.0. The summed E-state index contributed by atoms with van der Waals surface area (Å²) in [4.78, 5) is 20.9. The smallest absolute Gasteiger partial charge is 0.229 e. The number of benzene rings is 1. The van der Waals surface area contributed by atoms with Crippen molar-refractivity contribution in [2.45, 2.75) is 26.5 Å². The summed E-state index contributed by atoms with van der Waals surface area (Å²) in [6.45, 7) is 6.38. The Morgan fingerprint density at radius 1 is 1.12 bits per heavy atom. The number of rotatable bonds is 7. The second kappa shape index (κ2) is 12.2. The van der Waals surface area contributed by atoms with Crippen LogP contribution in [0.1, 0.15) is 22.8 Å². The zero-order chi connectivity index (χ0) is 23.8. The fourth-order valence-electron chi connectivity index (χ4n) is 2.77. The number of thiocarbonyl (C=S) groups is 1. The van der Waals surface area contributed by atoms with Gasteiger partial charge in [-0.05, 0) is 57.3 Å². The molecule has 33 heavy (non-hydrogen) atoms. The Labute approximate surface area is 212 Å². The second-order valence-electron chi connectivity index (χ2n) is 7.06. The molecule has 0 unspecified atom stereocenters. The average molecular weight is 524 g/mol. The number of hydrogen-bond acceptors (Lipinski definition) is 6. The second-order valence-corrected chi connectivity index (χ2v) is 9.42. The monoisotopic (exact) mass is 522 g/mol. The molecular formula is C21H24Cl2N8S2. The van der Waals surface area contributed by atoms with Crippen molar-refractivity contribution in [3.63, 3.8) is 0 Å². The number of imidazole rings is 1. The number of aliphatic imine (C=N–C) groups is 1. The van der Waals surface area contributed by atoms with E-state index in [0.29, 0.717) is 39.3 Å². The van der Waals surface area contributed by atoms with Gasteiger partial charge >= 0.3 is 0 Å². The molecule has 12 heteroatoms. The first kappa shape index (κ1) is 25.2. The van der Waals surface area contributed by atoms with Gasteiger partial charge in [-0.15, -0.1) is 0 Å². The summed E-state index contributed by atoms with van der Waals surface area (Å²) >= 11 is 19.4. The lowest BCUT2D eigenvalue weighted by Crippen LogP contribution is -2.39. The van der Waals surface area contributed by atoms with Crippen molar-refractivity contribution < 1.29 is 0 Å². The van der Waals surface area contributed by atoms with Crippen LogP contribution in [0.4, 0.5) is 11.6 Å². The first-order valence-corrected chi connectivity index (χ1v) is 12.4. The van der Waals surface area contributed by atoms with E-state index in [4.69, 9.17) is 35.4 Å². The van der Waals surface area contributed by atoms with Crippen LogP contribution in [-0.2, 0) is 5.75 Å². The van der Waals surface area contributed by atoms with E-state index >= 15 is 0 Å². The molecule has 0 bridgehead atoms.